The molecule has 0 aromatic heterocycles. The maximum absolute atomic E-state index is 11.8. The van der Waals surface area contributed by atoms with E-state index in [-0.39, 0.29) is 11.6 Å². The standard InChI is InChI=1S/C40H32N2O2/c1-29(43)31-13-21-37(22-14-31)41(35-9-5-3-6-10-35)39-25-17-33(18-26-39)34-19-27-40(28-20-34)42(36-11-7-4-8-12-36)38-23-15-32(16-24-38)30(2)44/h3-28H,1-2H3. The zero-order chi connectivity index (χ0) is 30.5. The molecule has 6 aromatic carbocycles. The Balaban J connectivity index is 1.30. The fraction of sp³-hybridized carbons (Fsp3) is 0.0500. The summed E-state index contributed by atoms with van der Waals surface area (Å²) in [7, 11) is 0. The topological polar surface area (TPSA) is 40.6 Å². The lowest BCUT2D eigenvalue weighted by atomic mass is 10.0. The minimum atomic E-state index is 0.0518. The van der Waals surface area contributed by atoms with Gasteiger partial charge in [-0.2, -0.15) is 0 Å². The Morgan fingerprint density at radius 2 is 0.591 bits per heavy atom. The summed E-state index contributed by atoms with van der Waals surface area (Å²) >= 11 is 0. The van der Waals surface area contributed by atoms with E-state index in [1.165, 1.54) is 0 Å². The molecular weight excluding hydrogens is 540 g/mol. The van der Waals surface area contributed by atoms with Crippen LogP contribution in [0.25, 0.3) is 11.1 Å². The molecule has 4 nitrogen and oxygen atoms in total. The van der Waals surface area contributed by atoms with Crippen LogP contribution in [0.2, 0.25) is 0 Å². The largest absolute Gasteiger partial charge is 0.311 e. The number of rotatable bonds is 9. The summed E-state index contributed by atoms with van der Waals surface area (Å²) in [5.41, 5.74) is 9.70. The molecule has 0 atom stereocenters. The first-order valence-electron chi connectivity index (χ1n) is 14.6. The van der Waals surface area contributed by atoms with Crippen LogP contribution in [-0.4, -0.2) is 11.6 Å². The molecule has 4 heteroatoms. The number of Topliss-reactive ketones (excluding diaryl/α,β-unsaturated/α-hetero) is 2. The van der Waals surface area contributed by atoms with Gasteiger partial charge >= 0.3 is 0 Å². The van der Waals surface area contributed by atoms with E-state index in [1.807, 2.05) is 84.9 Å². The third-order valence-corrected chi connectivity index (χ3v) is 7.68. The predicted octanol–water partition coefficient (Wildman–Crippen LogP) is 10.7. The van der Waals surface area contributed by atoms with Gasteiger partial charge in [-0.25, -0.2) is 0 Å². The Hall–Kier alpha value is -5.74. The second-order valence-corrected chi connectivity index (χ2v) is 10.6. The normalized spacial score (nSPS) is 10.7. The molecule has 0 aliphatic carbocycles. The van der Waals surface area contributed by atoms with Crippen molar-refractivity contribution in [3.63, 3.8) is 0 Å². The van der Waals surface area contributed by atoms with Gasteiger partial charge < -0.3 is 9.80 Å². The van der Waals surface area contributed by atoms with Gasteiger partial charge in [-0.05, 0) is 122 Å². The first-order valence-corrected chi connectivity index (χ1v) is 14.6. The number of hydrogen-bond acceptors (Lipinski definition) is 4. The van der Waals surface area contributed by atoms with Crippen molar-refractivity contribution in [1.29, 1.82) is 0 Å². The van der Waals surface area contributed by atoms with Gasteiger partial charge in [0.1, 0.15) is 0 Å². The second-order valence-electron chi connectivity index (χ2n) is 10.6. The Kier molecular flexibility index (Phi) is 8.15. The molecule has 0 aliphatic heterocycles. The third-order valence-electron chi connectivity index (χ3n) is 7.68. The van der Waals surface area contributed by atoms with Crippen molar-refractivity contribution in [2.24, 2.45) is 0 Å². The van der Waals surface area contributed by atoms with Crippen LogP contribution in [0.5, 0.6) is 0 Å². The van der Waals surface area contributed by atoms with E-state index < -0.39 is 0 Å². The molecular formula is C40H32N2O2. The average Bonchev–Trinajstić information content (AvgIpc) is 3.07. The van der Waals surface area contributed by atoms with E-state index in [1.54, 1.807) is 13.8 Å². The maximum Gasteiger partial charge on any atom is 0.159 e. The maximum atomic E-state index is 11.8. The quantitative estimate of drug-likeness (QED) is 0.162. The SMILES string of the molecule is CC(=O)c1ccc(N(c2ccccc2)c2ccc(-c3ccc(N(c4ccccc4)c4ccc(C(C)=O)cc4)cc3)cc2)cc1. The lowest BCUT2D eigenvalue weighted by molar-refractivity contribution is 0.100. The molecule has 6 aromatic rings. The average molecular weight is 573 g/mol. The fourth-order valence-corrected chi connectivity index (χ4v) is 5.34. The van der Waals surface area contributed by atoms with Gasteiger partial charge in [0.2, 0.25) is 0 Å². The third kappa shape index (κ3) is 6.06. The molecule has 0 unspecified atom stereocenters. The van der Waals surface area contributed by atoms with Gasteiger partial charge in [0.05, 0.1) is 0 Å². The Morgan fingerprint density at radius 3 is 0.864 bits per heavy atom. The number of carbonyl (C=O) groups is 2. The Labute approximate surface area is 258 Å². The summed E-state index contributed by atoms with van der Waals surface area (Å²) in [5.74, 6) is 0.104. The predicted molar refractivity (Wildman–Crippen MR) is 181 cm³/mol. The minimum absolute atomic E-state index is 0.0518. The fourth-order valence-electron chi connectivity index (χ4n) is 5.34. The van der Waals surface area contributed by atoms with Crippen LogP contribution < -0.4 is 9.80 Å². The number of ketones is 2. The van der Waals surface area contributed by atoms with Crippen LogP contribution in [0, 0.1) is 0 Å². The molecule has 44 heavy (non-hydrogen) atoms. The smallest absolute Gasteiger partial charge is 0.159 e. The zero-order valence-electron chi connectivity index (χ0n) is 24.7. The molecule has 0 fully saturated rings. The molecule has 0 spiro atoms. The lowest BCUT2D eigenvalue weighted by Crippen LogP contribution is -2.10. The molecule has 6 rings (SSSR count). The zero-order valence-corrected chi connectivity index (χ0v) is 24.7. The van der Waals surface area contributed by atoms with E-state index in [2.05, 4.69) is 82.6 Å². The van der Waals surface area contributed by atoms with Crippen molar-refractivity contribution >= 4 is 45.7 Å². The molecule has 0 aliphatic rings. The van der Waals surface area contributed by atoms with Gasteiger partial charge in [0.25, 0.3) is 0 Å². The van der Waals surface area contributed by atoms with Crippen molar-refractivity contribution in [3.8, 4) is 11.1 Å². The van der Waals surface area contributed by atoms with E-state index in [9.17, 15) is 9.59 Å². The highest BCUT2D eigenvalue weighted by molar-refractivity contribution is 5.95. The summed E-state index contributed by atoms with van der Waals surface area (Å²) in [5, 5.41) is 0. The van der Waals surface area contributed by atoms with Crippen LogP contribution in [0.4, 0.5) is 34.1 Å². The first kappa shape index (κ1) is 28.4. The van der Waals surface area contributed by atoms with Crippen LogP contribution in [0.3, 0.4) is 0 Å². The van der Waals surface area contributed by atoms with Crippen molar-refractivity contribution in [2.45, 2.75) is 13.8 Å². The molecule has 0 bridgehead atoms. The number of nitrogens with zero attached hydrogens (tertiary/aromatic N) is 2. The van der Waals surface area contributed by atoms with Crippen LogP contribution >= 0.6 is 0 Å². The summed E-state index contributed by atoms with van der Waals surface area (Å²) in [6.45, 7) is 3.17. The number of hydrogen-bond donors (Lipinski definition) is 0. The number of carbonyl (C=O) groups excluding carboxylic acids is 2. The van der Waals surface area contributed by atoms with Crippen molar-refractivity contribution in [3.05, 3.63) is 169 Å². The monoisotopic (exact) mass is 572 g/mol. The molecule has 0 amide bonds. The number of anilines is 6. The number of benzene rings is 6. The number of para-hydroxylation sites is 2. The van der Waals surface area contributed by atoms with Gasteiger partial charge in [-0.15, -0.1) is 0 Å². The van der Waals surface area contributed by atoms with Gasteiger partial charge in [-0.3, -0.25) is 9.59 Å². The highest BCUT2D eigenvalue weighted by Gasteiger charge is 2.15. The van der Waals surface area contributed by atoms with Crippen LogP contribution in [0.15, 0.2) is 158 Å². The van der Waals surface area contributed by atoms with Gasteiger partial charge in [-0.1, -0.05) is 60.7 Å². The molecule has 0 N–H and O–H groups in total. The van der Waals surface area contributed by atoms with Crippen molar-refractivity contribution < 1.29 is 9.59 Å². The van der Waals surface area contributed by atoms with E-state index in [4.69, 9.17) is 0 Å². The molecule has 0 saturated heterocycles. The van der Waals surface area contributed by atoms with E-state index in [0.717, 1.165) is 45.3 Å². The van der Waals surface area contributed by atoms with Crippen molar-refractivity contribution in [1.82, 2.24) is 0 Å². The van der Waals surface area contributed by atoms with Gasteiger partial charge in [0, 0.05) is 45.3 Å². The molecule has 0 heterocycles. The summed E-state index contributed by atoms with van der Waals surface area (Å²) in [4.78, 5) is 28.1. The Morgan fingerprint density at radius 1 is 0.341 bits per heavy atom. The summed E-state index contributed by atoms with van der Waals surface area (Å²) in [6, 6.07) is 53.0. The highest BCUT2D eigenvalue weighted by Crippen LogP contribution is 2.38. The summed E-state index contributed by atoms with van der Waals surface area (Å²) < 4.78 is 0. The van der Waals surface area contributed by atoms with Gasteiger partial charge in [0.15, 0.2) is 11.6 Å². The molecule has 0 radical (unpaired) electrons. The molecule has 214 valence electrons. The first-order chi connectivity index (χ1) is 21.5. The molecule has 0 saturated carbocycles. The lowest BCUT2D eigenvalue weighted by Gasteiger charge is -2.26. The van der Waals surface area contributed by atoms with Crippen LogP contribution in [-0.2, 0) is 0 Å². The second kappa shape index (κ2) is 12.6. The van der Waals surface area contributed by atoms with E-state index in [0.29, 0.717) is 11.1 Å². The summed E-state index contributed by atoms with van der Waals surface area (Å²) in [6.07, 6.45) is 0. The Bertz CT molecular complexity index is 1720. The van der Waals surface area contributed by atoms with Crippen LogP contribution in [0.1, 0.15) is 34.6 Å². The van der Waals surface area contributed by atoms with E-state index >= 15 is 0 Å². The highest BCUT2D eigenvalue weighted by atomic mass is 16.1. The minimum Gasteiger partial charge on any atom is -0.311 e. The van der Waals surface area contributed by atoms with Crippen molar-refractivity contribution in [2.75, 3.05) is 9.80 Å².